The molecule has 0 radical (unpaired) electrons. The zero-order valence-corrected chi connectivity index (χ0v) is 16.9. The molecule has 7 heteroatoms. The van der Waals surface area contributed by atoms with Crippen LogP contribution in [0.3, 0.4) is 0 Å². The molecule has 3 heterocycles. The van der Waals surface area contributed by atoms with Gasteiger partial charge in [0.15, 0.2) is 0 Å². The lowest BCUT2D eigenvalue weighted by atomic mass is 9.96. The lowest BCUT2D eigenvalue weighted by molar-refractivity contribution is 0.00161. The van der Waals surface area contributed by atoms with E-state index < -0.39 is 0 Å². The number of ether oxygens (including phenoxy) is 3. The molecule has 5 nitrogen and oxygen atoms in total. The van der Waals surface area contributed by atoms with Crippen LogP contribution in [0.5, 0.6) is 5.75 Å². The van der Waals surface area contributed by atoms with Gasteiger partial charge in [-0.1, -0.05) is 23.2 Å². The third-order valence-electron chi connectivity index (χ3n) is 5.53. The van der Waals surface area contributed by atoms with Gasteiger partial charge in [0.1, 0.15) is 12.4 Å². The van der Waals surface area contributed by atoms with Gasteiger partial charge >= 0.3 is 0 Å². The van der Waals surface area contributed by atoms with Gasteiger partial charge in [0.25, 0.3) is 0 Å². The predicted octanol–water partition coefficient (Wildman–Crippen LogP) is 3.10. The van der Waals surface area contributed by atoms with Gasteiger partial charge in [-0.15, -0.1) is 0 Å². The van der Waals surface area contributed by atoms with Gasteiger partial charge in [-0.05, 0) is 30.2 Å². The van der Waals surface area contributed by atoms with Gasteiger partial charge in [0.05, 0.1) is 24.8 Å². The summed E-state index contributed by atoms with van der Waals surface area (Å²) in [7, 11) is 0. The van der Waals surface area contributed by atoms with Gasteiger partial charge in [0, 0.05) is 55.3 Å². The second-order valence-electron chi connectivity index (χ2n) is 7.37. The number of halogens is 2. The van der Waals surface area contributed by atoms with E-state index in [1.54, 1.807) is 6.07 Å². The third kappa shape index (κ3) is 4.78. The smallest absolute Gasteiger partial charge is 0.145 e. The first-order valence-electron chi connectivity index (χ1n) is 9.62. The molecule has 2 saturated heterocycles. The maximum absolute atomic E-state index is 6.22. The molecular formula is C20H26Cl2N2O3. The highest BCUT2D eigenvalue weighted by atomic mass is 35.5. The minimum absolute atomic E-state index is 0.484. The van der Waals surface area contributed by atoms with Crippen molar-refractivity contribution in [2.45, 2.75) is 12.5 Å². The Balaban J connectivity index is 1.37. The van der Waals surface area contributed by atoms with Crippen LogP contribution in [0.1, 0.15) is 12.0 Å². The fraction of sp³-hybridized carbons (Fsp3) is 0.600. The Morgan fingerprint density at radius 1 is 1.15 bits per heavy atom. The summed E-state index contributed by atoms with van der Waals surface area (Å²) in [5, 5.41) is 4.83. The number of nitrogens with zero attached hydrogens (tertiary/aromatic N) is 1. The lowest BCUT2D eigenvalue weighted by Gasteiger charge is -2.37. The summed E-state index contributed by atoms with van der Waals surface area (Å²) in [5.41, 5.74) is 2.15. The molecule has 1 aromatic carbocycles. The van der Waals surface area contributed by atoms with E-state index in [0.29, 0.717) is 28.6 Å². The number of rotatable bonds is 6. The summed E-state index contributed by atoms with van der Waals surface area (Å²) in [5.74, 6) is 1.31. The van der Waals surface area contributed by atoms with Crippen molar-refractivity contribution in [2.75, 3.05) is 59.2 Å². The molecule has 3 aliphatic rings. The summed E-state index contributed by atoms with van der Waals surface area (Å²) in [6, 6.07) is 4.10. The van der Waals surface area contributed by atoms with Crippen LogP contribution >= 0.6 is 23.2 Å². The molecule has 4 rings (SSSR count). The van der Waals surface area contributed by atoms with Crippen molar-refractivity contribution in [1.29, 1.82) is 0 Å². The Morgan fingerprint density at radius 2 is 2.00 bits per heavy atom. The number of hydrogen-bond donors (Lipinski definition) is 1. The minimum Gasteiger partial charge on any atom is -0.487 e. The van der Waals surface area contributed by atoms with Gasteiger partial charge < -0.3 is 19.5 Å². The highest BCUT2D eigenvalue weighted by molar-refractivity contribution is 6.36. The first kappa shape index (κ1) is 19.5. The Bertz CT molecular complexity index is 686. The summed E-state index contributed by atoms with van der Waals surface area (Å²) in [6.07, 6.45) is 3.27. The predicted molar refractivity (Wildman–Crippen MR) is 108 cm³/mol. The SMILES string of the molecule is Clc1cc(Cl)c2c(c1)C=C(CNCC(C1CCOC1)N1CCOCC1)CO2. The van der Waals surface area contributed by atoms with E-state index in [1.165, 1.54) is 5.57 Å². The quantitative estimate of drug-likeness (QED) is 0.777. The summed E-state index contributed by atoms with van der Waals surface area (Å²) >= 11 is 12.3. The fourth-order valence-electron chi connectivity index (χ4n) is 4.11. The van der Waals surface area contributed by atoms with E-state index in [9.17, 15) is 0 Å². The highest BCUT2D eigenvalue weighted by Gasteiger charge is 2.31. The van der Waals surface area contributed by atoms with E-state index in [0.717, 1.165) is 70.3 Å². The molecule has 0 aliphatic carbocycles. The molecule has 0 bridgehead atoms. The van der Waals surface area contributed by atoms with Crippen molar-refractivity contribution >= 4 is 29.3 Å². The second kappa shape index (κ2) is 9.12. The zero-order chi connectivity index (χ0) is 18.6. The molecule has 3 aliphatic heterocycles. The van der Waals surface area contributed by atoms with Crippen LogP contribution in [0.15, 0.2) is 17.7 Å². The summed E-state index contributed by atoms with van der Waals surface area (Å²) < 4.78 is 17.0. The summed E-state index contributed by atoms with van der Waals surface area (Å²) in [4.78, 5) is 2.55. The standard InChI is InChI=1S/C20H26Cl2N2O3/c21-17-8-16-7-14(12-27-20(16)18(22)9-17)10-23-11-19(15-1-4-26-13-15)24-2-5-25-6-3-24/h7-9,15,19,23H,1-6,10-13H2. The van der Waals surface area contributed by atoms with Crippen LogP contribution in [0.2, 0.25) is 10.0 Å². The fourth-order valence-corrected chi connectivity index (χ4v) is 4.67. The van der Waals surface area contributed by atoms with Gasteiger partial charge in [-0.25, -0.2) is 0 Å². The van der Waals surface area contributed by atoms with Crippen LogP contribution in [0.25, 0.3) is 6.08 Å². The molecule has 1 N–H and O–H groups in total. The largest absolute Gasteiger partial charge is 0.487 e. The van der Waals surface area contributed by atoms with Gasteiger partial charge in [-0.3, -0.25) is 4.90 Å². The average Bonchev–Trinajstić information content (AvgIpc) is 3.20. The van der Waals surface area contributed by atoms with Crippen LogP contribution in [-0.4, -0.2) is 70.2 Å². The summed E-state index contributed by atoms with van der Waals surface area (Å²) in [6.45, 7) is 7.66. The molecule has 0 aromatic heterocycles. The monoisotopic (exact) mass is 412 g/mol. The van der Waals surface area contributed by atoms with Crippen molar-refractivity contribution in [1.82, 2.24) is 10.2 Å². The van der Waals surface area contributed by atoms with Crippen molar-refractivity contribution in [3.63, 3.8) is 0 Å². The van der Waals surface area contributed by atoms with Crippen molar-refractivity contribution in [3.05, 3.63) is 33.3 Å². The topological polar surface area (TPSA) is 43.0 Å². The van der Waals surface area contributed by atoms with E-state index in [2.05, 4.69) is 16.3 Å². The van der Waals surface area contributed by atoms with Crippen LogP contribution in [0, 0.1) is 5.92 Å². The van der Waals surface area contributed by atoms with Crippen molar-refractivity contribution < 1.29 is 14.2 Å². The average molecular weight is 413 g/mol. The van der Waals surface area contributed by atoms with Crippen LogP contribution in [0.4, 0.5) is 0 Å². The Hall–Kier alpha value is -0.820. The second-order valence-corrected chi connectivity index (χ2v) is 8.21. The van der Waals surface area contributed by atoms with Crippen LogP contribution in [-0.2, 0) is 9.47 Å². The molecule has 27 heavy (non-hydrogen) atoms. The number of fused-ring (bicyclic) bond motifs is 1. The number of benzene rings is 1. The maximum Gasteiger partial charge on any atom is 0.145 e. The van der Waals surface area contributed by atoms with Crippen LogP contribution < -0.4 is 10.1 Å². The van der Waals surface area contributed by atoms with Crippen molar-refractivity contribution in [3.8, 4) is 5.75 Å². The van der Waals surface area contributed by atoms with E-state index in [-0.39, 0.29) is 0 Å². The van der Waals surface area contributed by atoms with Gasteiger partial charge in [-0.2, -0.15) is 0 Å². The number of hydrogen-bond acceptors (Lipinski definition) is 5. The molecule has 0 spiro atoms. The molecular weight excluding hydrogens is 387 g/mol. The molecule has 2 unspecified atom stereocenters. The molecule has 148 valence electrons. The highest BCUT2D eigenvalue weighted by Crippen LogP contribution is 2.36. The molecule has 0 saturated carbocycles. The van der Waals surface area contributed by atoms with Gasteiger partial charge in [0.2, 0.25) is 0 Å². The van der Waals surface area contributed by atoms with E-state index >= 15 is 0 Å². The molecule has 1 aromatic rings. The van der Waals surface area contributed by atoms with E-state index in [4.69, 9.17) is 37.4 Å². The zero-order valence-electron chi connectivity index (χ0n) is 15.4. The first-order chi connectivity index (χ1) is 13.2. The normalized spacial score (nSPS) is 24.2. The maximum atomic E-state index is 6.22. The molecule has 0 amide bonds. The Morgan fingerprint density at radius 3 is 2.78 bits per heavy atom. The van der Waals surface area contributed by atoms with E-state index in [1.807, 2.05) is 6.07 Å². The Labute approximate surface area is 170 Å². The lowest BCUT2D eigenvalue weighted by Crippen LogP contribution is -2.51. The minimum atomic E-state index is 0.484. The number of nitrogens with one attached hydrogen (secondary N) is 1. The van der Waals surface area contributed by atoms with Crippen molar-refractivity contribution in [2.24, 2.45) is 5.92 Å². The molecule has 2 atom stereocenters. The molecule has 2 fully saturated rings. The number of morpholine rings is 1. The first-order valence-corrected chi connectivity index (χ1v) is 10.4. The third-order valence-corrected chi connectivity index (χ3v) is 6.03. The Kier molecular flexibility index (Phi) is 6.58.